The molecule has 0 aromatic carbocycles. The summed E-state index contributed by atoms with van der Waals surface area (Å²) in [7, 11) is 1.00. The van der Waals surface area contributed by atoms with Crippen LogP contribution in [0, 0.1) is 5.92 Å². The molecule has 0 heterocycles. The number of hydrogen-bond donors (Lipinski definition) is 1. The topological polar surface area (TPSA) is 20.2 Å². The largest absolute Gasteiger partial charge is 0.400 e. The number of aliphatic hydroxyl groups is 1. The van der Waals surface area contributed by atoms with Crippen molar-refractivity contribution in [2.75, 3.05) is 7.11 Å². The Bertz CT molecular complexity index is 76.9. The molecule has 1 atom stereocenters. The zero-order valence-corrected chi connectivity index (χ0v) is 8.30. The van der Waals surface area contributed by atoms with Gasteiger partial charge in [-0.15, -0.1) is 0 Å². The minimum Gasteiger partial charge on any atom is -0.400 e. The van der Waals surface area contributed by atoms with Gasteiger partial charge in [0.05, 0.1) is 0 Å². The van der Waals surface area contributed by atoms with Gasteiger partial charge < -0.3 is 5.11 Å². The van der Waals surface area contributed by atoms with E-state index in [9.17, 15) is 0 Å². The number of allylic oxidation sites excluding steroid dienone is 2. The molecule has 1 N–H and O–H groups in total. The third-order valence-corrected chi connectivity index (χ3v) is 1.53. The Labute approximate surface area is 71.1 Å². The Balaban J connectivity index is 0. The monoisotopic (exact) mass is 158 g/mol. The van der Waals surface area contributed by atoms with Crippen molar-refractivity contribution in [2.24, 2.45) is 5.92 Å². The van der Waals surface area contributed by atoms with Crippen molar-refractivity contribution in [3.8, 4) is 0 Å². The van der Waals surface area contributed by atoms with Gasteiger partial charge in [-0.3, -0.25) is 0 Å². The quantitative estimate of drug-likeness (QED) is 0.537. The van der Waals surface area contributed by atoms with Crippen LogP contribution in [0.3, 0.4) is 0 Å². The van der Waals surface area contributed by atoms with Crippen LogP contribution in [0.15, 0.2) is 12.2 Å². The lowest BCUT2D eigenvalue weighted by Crippen LogP contribution is -1.94. The highest BCUT2D eigenvalue weighted by molar-refractivity contribution is 4.88. The lowest BCUT2D eigenvalue weighted by atomic mass is 9.97. The SMILES string of the molecule is CC.CC1CC=CCC1.CO. The van der Waals surface area contributed by atoms with Crippen LogP contribution in [-0.4, -0.2) is 12.2 Å². The summed E-state index contributed by atoms with van der Waals surface area (Å²) in [6.45, 7) is 6.31. The van der Waals surface area contributed by atoms with E-state index in [-0.39, 0.29) is 0 Å². The van der Waals surface area contributed by atoms with Gasteiger partial charge in [-0.1, -0.05) is 32.9 Å². The molecule has 1 aliphatic rings. The first-order valence-corrected chi connectivity index (χ1v) is 4.49. The molecule has 1 unspecified atom stereocenters. The lowest BCUT2D eigenvalue weighted by Gasteiger charge is -2.09. The molecule has 0 aliphatic heterocycles. The van der Waals surface area contributed by atoms with Crippen molar-refractivity contribution in [3.63, 3.8) is 0 Å². The molecule has 0 saturated carbocycles. The van der Waals surface area contributed by atoms with Gasteiger partial charge in [-0.25, -0.2) is 0 Å². The van der Waals surface area contributed by atoms with E-state index in [1.54, 1.807) is 0 Å². The molecule has 68 valence electrons. The average Bonchev–Trinajstić information content (AvgIpc) is 2.13. The van der Waals surface area contributed by atoms with Crippen LogP contribution in [0.1, 0.15) is 40.0 Å². The van der Waals surface area contributed by atoms with Gasteiger partial charge in [-0.2, -0.15) is 0 Å². The molecule has 0 amide bonds. The van der Waals surface area contributed by atoms with Crippen LogP contribution >= 0.6 is 0 Å². The summed E-state index contributed by atoms with van der Waals surface area (Å²) in [5.41, 5.74) is 0. The van der Waals surface area contributed by atoms with Crippen LogP contribution in [0.5, 0.6) is 0 Å². The highest BCUT2D eigenvalue weighted by atomic mass is 16.2. The first-order chi connectivity index (χ1) is 5.39. The molecule has 0 aromatic heterocycles. The van der Waals surface area contributed by atoms with Crippen molar-refractivity contribution < 1.29 is 5.11 Å². The van der Waals surface area contributed by atoms with E-state index in [4.69, 9.17) is 5.11 Å². The summed E-state index contributed by atoms with van der Waals surface area (Å²) in [5.74, 6) is 0.949. The highest BCUT2D eigenvalue weighted by Crippen LogP contribution is 2.15. The molecule has 1 aliphatic carbocycles. The van der Waals surface area contributed by atoms with Gasteiger partial charge in [0.25, 0.3) is 0 Å². The van der Waals surface area contributed by atoms with Gasteiger partial charge in [0.15, 0.2) is 0 Å². The number of rotatable bonds is 0. The van der Waals surface area contributed by atoms with Crippen LogP contribution in [-0.2, 0) is 0 Å². The molecule has 0 aromatic rings. The molecular weight excluding hydrogens is 136 g/mol. The highest BCUT2D eigenvalue weighted by Gasteiger charge is 2.00. The maximum Gasteiger partial charge on any atom is 0.0319 e. The zero-order chi connectivity index (χ0) is 9.11. The van der Waals surface area contributed by atoms with Crippen molar-refractivity contribution in [3.05, 3.63) is 12.2 Å². The van der Waals surface area contributed by atoms with E-state index in [0.29, 0.717) is 0 Å². The summed E-state index contributed by atoms with van der Waals surface area (Å²) in [6.07, 6.45) is 8.58. The molecule has 0 bridgehead atoms. The molecule has 0 fully saturated rings. The van der Waals surface area contributed by atoms with Crippen molar-refractivity contribution in [1.82, 2.24) is 0 Å². The van der Waals surface area contributed by atoms with Crippen molar-refractivity contribution in [1.29, 1.82) is 0 Å². The molecule has 1 heteroatoms. The Morgan fingerprint density at radius 1 is 1.18 bits per heavy atom. The van der Waals surface area contributed by atoms with Crippen molar-refractivity contribution >= 4 is 0 Å². The molecule has 1 rings (SSSR count). The lowest BCUT2D eigenvalue weighted by molar-refractivity contribution is 0.399. The molecule has 0 radical (unpaired) electrons. The normalized spacial score (nSPS) is 20.6. The maximum absolute atomic E-state index is 7.00. The van der Waals surface area contributed by atoms with E-state index in [2.05, 4.69) is 19.1 Å². The predicted octanol–water partition coefficient (Wildman–Crippen LogP) is 3.00. The van der Waals surface area contributed by atoms with E-state index in [0.717, 1.165) is 13.0 Å². The van der Waals surface area contributed by atoms with E-state index >= 15 is 0 Å². The zero-order valence-electron chi connectivity index (χ0n) is 8.30. The summed E-state index contributed by atoms with van der Waals surface area (Å²) >= 11 is 0. The molecule has 1 nitrogen and oxygen atoms in total. The van der Waals surface area contributed by atoms with Gasteiger partial charge in [0.2, 0.25) is 0 Å². The van der Waals surface area contributed by atoms with Crippen LogP contribution in [0.4, 0.5) is 0 Å². The molecular formula is C10H22O. The standard InChI is InChI=1S/C7H12.C2H6.CH4O/c1-7-5-3-2-4-6-7;2*1-2/h2-3,7H,4-6H2,1H3;1-2H3;2H,1H3. The fraction of sp³-hybridized carbons (Fsp3) is 0.800. The fourth-order valence-electron chi connectivity index (χ4n) is 0.945. The molecule has 11 heavy (non-hydrogen) atoms. The number of hydrogen-bond acceptors (Lipinski definition) is 1. The van der Waals surface area contributed by atoms with Crippen LogP contribution in [0.2, 0.25) is 0 Å². The van der Waals surface area contributed by atoms with Gasteiger partial charge in [0.1, 0.15) is 0 Å². The van der Waals surface area contributed by atoms with Gasteiger partial charge in [-0.05, 0) is 25.2 Å². The summed E-state index contributed by atoms with van der Waals surface area (Å²) in [5, 5.41) is 7.00. The Hall–Kier alpha value is -0.300. The first kappa shape index (κ1) is 13.3. The van der Waals surface area contributed by atoms with E-state index < -0.39 is 0 Å². The smallest absolute Gasteiger partial charge is 0.0319 e. The van der Waals surface area contributed by atoms with Gasteiger partial charge >= 0.3 is 0 Å². The summed E-state index contributed by atoms with van der Waals surface area (Å²) in [6, 6.07) is 0. The second-order valence-electron chi connectivity index (χ2n) is 2.39. The molecule has 0 spiro atoms. The van der Waals surface area contributed by atoms with Gasteiger partial charge in [0, 0.05) is 7.11 Å². The van der Waals surface area contributed by atoms with Crippen molar-refractivity contribution in [2.45, 2.75) is 40.0 Å². The Morgan fingerprint density at radius 3 is 1.91 bits per heavy atom. The van der Waals surface area contributed by atoms with Crippen LogP contribution < -0.4 is 0 Å². The second kappa shape index (κ2) is 12.4. The average molecular weight is 158 g/mol. The predicted molar refractivity (Wildman–Crippen MR) is 51.6 cm³/mol. The second-order valence-corrected chi connectivity index (χ2v) is 2.39. The van der Waals surface area contributed by atoms with Crippen LogP contribution in [0.25, 0.3) is 0 Å². The maximum atomic E-state index is 7.00. The number of aliphatic hydroxyl groups excluding tert-OH is 1. The van der Waals surface area contributed by atoms with E-state index in [1.165, 1.54) is 19.3 Å². The minimum atomic E-state index is 0.949. The fourth-order valence-corrected chi connectivity index (χ4v) is 0.945. The molecule has 0 saturated heterocycles. The first-order valence-electron chi connectivity index (χ1n) is 4.49. The Kier molecular flexibility index (Phi) is 15.0. The third-order valence-electron chi connectivity index (χ3n) is 1.53. The minimum absolute atomic E-state index is 0.949. The summed E-state index contributed by atoms with van der Waals surface area (Å²) < 4.78 is 0. The Morgan fingerprint density at radius 2 is 1.73 bits per heavy atom. The summed E-state index contributed by atoms with van der Waals surface area (Å²) in [4.78, 5) is 0. The third kappa shape index (κ3) is 9.70. The van der Waals surface area contributed by atoms with E-state index in [1.807, 2.05) is 13.8 Å².